The van der Waals surface area contributed by atoms with Gasteiger partial charge in [-0.1, -0.05) is 0 Å². The van der Waals surface area contributed by atoms with Gasteiger partial charge in [-0.3, -0.25) is 0 Å². The molecule has 0 atom stereocenters. The van der Waals surface area contributed by atoms with Crippen molar-refractivity contribution in [3.8, 4) is 11.5 Å². The van der Waals surface area contributed by atoms with Gasteiger partial charge in [-0.25, -0.2) is 0 Å². The molecule has 0 aliphatic carbocycles. The van der Waals surface area contributed by atoms with E-state index < -0.39 is 0 Å². The van der Waals surface area contributed by atoms with E-state index in [-0.39, 0.29) is 29.6 Å². The second kappa shape index (κ2) is 5.46. The summed E-state index contributed by atoms with van der Waals surface area (Å²) in [5, 5.41) is 0. The van der Waals surface area contributed by atoms with Crippen LogP contribution in [-0.4, -0.2) is 43.8 Å². The van der Waals surface area contributed by atoms with E-state index in [4.69, 9.17) is 9.47 Å². The van der Waals surface area contributed by atoms with Crippen LogP contribution in [-0.2, 0) is 0 Å². The third kappa shape index (κ3) is 2.70. The van der Waals surface area contributed by atoms with E-state index in [0.717, 1.165) is 17.1 Å². The maximum absolute atomic E-state index is 5.06. The molecule has 0 amide bonds. The molecule has 0 unspecified atom stereocenters. The Kier molecular flexibility index (Phi) is 5.38. The first-order chi connectivity index (χ1) is 5.27. The second-order valence-electron chi connectivity index (χ2n) is 2.22. The van der Waals surface area contributed by atoms with Crippen molar-refractivity contribution in [2.75, 3.05) is 14.2 Å². The zero-order valence-corrected chi connectivity index (χ0v) is 6.97. The monoisotopic (exact) mass is 175 g/mol. The third-order valence-electron chi connectivity index (χ3n) is 1.51. The van der Waals surface area contributed by atoms with Gasteiger partial charge in [0, 0.05) is 11.6 Å². The van der Waals surface area contributed by atoms with Crippen LogP contribution in [0.5, 0.6) is 11.5 Å². The summed E-state index contributed by atoms with van der Waals surface area (Å²) in [5.41, 5.74) is 0.965. The standard InChI is InChI=1S/C9H11O2.Na.H/c1-7-6-8(10-2)4-5-9(7)11-3;;/h4-5H,1-3H3;;. The summed E-state index contributed by atoms with van der Waals surface area (Å²) in [4.78, 5) is 0. The van der Waals surface area contributed by atoms with Gasteiger partial charge in [-0.15, -0.1) is 0 Å². The zero-order chi connectivity index (χ0) is 8.27. The van der Waals surface area contributed by atoms with Crippen molar-refractivity contribution in [1.29, 1.82) is 0 Å². The SMILES string of the molecule is COc1[c]c(C)c(OC)cc1.[NaH]. The van der Waals surface area contributed by atoms with Gasteiger partial charge in [-0.05, 0) is 19.1 Å². The molecule has 0 saturated carbocycles. The van der Waals surface area contributed by atoms with Crippen LogP contribution in [0.4, 0.5) is 0 Å². The van der Waals surface area contributed by atoms with Crippen LogP contribution in [0.25, 0.3) is 0 Å². The molecule has 1 aromatic carbocycles. The fourth-order valence-electron chi connectivity index (χ4n) is 0.905. The molecule has 0 aromatic heterocycles. The number of hydrogen-bond donors (Lipinski definition) is 0. The Balaban J connectivity index is 0.00000121. The van der Waals surface area contributed by atoms with E-state index in [1.165, 1.54) is 0 Å². The van der Waals surface area contributed by atoms with Gasteiger partial charge in [0.2, 0.25) is 0 Å². The van der Waals surface area contributed by atoms with Crippen LogP contribution < -0.4 is 9.47 Å². The summed E-state index contributed by atoms with van der Waals surface area (Å²) in [7, 11) is 3.26. The summed E-state index contributed by atoms with van der Waals surface area (Å²) in [6.07, 6.45) is 0. The van der Waals surface area contributed by atoms with E-state index >= 15 is 0 Å². The van der Waals surface area contributed by atoms with Crippen molar-refractivity contribution >= 4 is 29.6 Å². The van der Waals surface area contributed by atoms with Crippen LogP contribution in [0.1, 0.15) is 5.56 Å². The number of rotatable bonds is 2. The Bertz CT molecular complexity index is 248. The second-order valence-corrected chi connectivity index (χ2v) is 2.22. The predicted octanol–water partition coefficient (Wildman–Crippen LogP) is 1.16. The molecule has 0 spiro atoms. The minimum absolute atomic E-state index is 0. The molecule has 0 heterocycles. The normalized spacial score (nSPS) is 8.58. The molecular weight excluding hydrogens is 163 g/mol. The van der Waals surface area contributed by atoms with Gasteiger partial charge in [0.1, 0.15) is 11.5 Å². The molecule has 0 saturated heterocycles. The van der Waals surface area contributed by atoms with Crippen molar-refractivity contribution in [2.45, 2.75) is 6.92 Å². The number of benzene rings is 1. The van der Waals surface area contributed by atoms with Crippen molar-refractivity contribution < 1.29 is 9.47 Å². The number of ether oxygens (including phenoxy) is 2. The Morgan fingerprint density at radius 1 is 1.17 bits per heavy atom. The van der Waals surface area contributed by atoms with Crippen molar-refractivity contribution in [3.63, 3.8) is 0 Å². The quantitative estimate of drug-likeness (QED) is 0.628. The molecule has 0 aliphatic rings. The van der Waals surface area contributed by atoms with Crippen LogP contribution in [0.15, 0.2) is 12.1 Å². The number of hydrogen-bond acceptors (Lipinski definition) is 2. The molecule has 1 radical (unpaired) electrons. The minimum atomic E-state index is 0. The van der Waals surface area contributed by atoms with E-state index in [0.29, 0.717) is 0 Å². The summed E-state index contributed by atoms with van der Waals surface area (Å²) < 4.78 is 10.0. The average molecular weight is 175 g/mol. The van der Waals surface area contributed by atoms with Gasteiger partial charge in [0.05, 0.1) is 14.2 Å². The van der Waals surface area contributed by atoms with Gasteiger partial charge >= 0.3 is 29.6 Å². The molecule has 1 aromatic rings. The van der Waals surface area contributed by atoms with Gasteiger partial charge in [0.25, 0.3) is 0 Å². The van der Waals surface area contributed by atoms with Crippen molar-refractivity contribution in [1.82, 2.24) is 0 Å². The van der Waals surface area contributed by atoms with E-state index in [9.17, 15) is 0 Å². The maximum atomic E-state index is 5.06. The molecular formula is C9H12NaO2. The summed E-state index contributed by atoms with van der Waals surface area (Å²) >= 11 is 0. The molecule has 0 N–H and O–H groups in total. The predicted molar refractivity (Wildman–Crippen MR) is 50.3 cm³/mol. The van der Waals surface area contributed by atoms with E-state index in [1.54, 1.807) is 14.2 Å². The van der Waals surface area contributed by atoms with Crippen LogP contribution in [0.3, 0.4) is 0 Å². The molecule has 1 rings (SSSR count). The first-order valence-electron chi connectivity index (χ1n) is 3.39. The fraction of sp³-hybridized carbons (Fsp3) is 0.333. The molecule has 3 heteroatoms. The Hall–Kier alpha value is -0.180. The van der Waals surface area contributed by atoms with E-state index in [1.807, 2.05) is 19.1 Å². The van der Waals surface area contributed by atoms with E-state index in [2.05, 4.69) is 6.07 Å². The van der Waals surface area contributed by atoms with Gasteiger partial charge in [-0.2, -0.15) is 0 Å². The van der Waals surface area contributed by atoms with Crippen LogP contribution in [0.2, 0.25) is 0 Å². The molecule has 2 nitrogen and oxygen atoms in total. The topological polar surface area (TPSA) is 18.5 Å². The molecule has 12 heavy (non-hydrogen) atoms. The Morgan fingerprint density at radius 2 is 1.83 bits per heavy atom. The van der Waals surface area contributed by atoms with Crippen LogP contribution in [0, 0.1) is 13.0 Å². The molecule has 0 aliphatic heterocycles. The molecule has 61 valence electrons. The molecule has 0 fully saturated rings. The summed E-state index contributed by atoms with van der Waals surface area (Å²) in [6, 6.07) is 6.72. The average Bonchev–Trinajstić information content (AvgIpc) is 2.04. The fourth-order valence-corrected chi connectivity index (χ4v) is 0.905. The number of methoxy groups -OCH3 is 2. The summed E-state index contributed by atoms with van der Waals surface area (Å²) in [5.74, 6) is 1.58. The number of aryl methyl sites for hydroxylation is 1. The molecule has 0 bridgehead atoms. The Labute approximate surface area is 95.2 Å². The summed E-state index contributed by atoms with van der Waals surface area (Å²) in [6.45, 7) is 1.93. The first-order valence-corrected chi connectivity index (χ1v) is 3.39. The Morgan fingerprint density at radius 3 is 2.25 bits per heavy atom. The van der Waals surface area contributed by atoms with Gasteiger partial charge < -0.3 is 9.47 Å². The van der Waals surface area contributed by atoms with Crippen molar-refractivity contribution in [3.05, 3.63) is 23.8 Å². The van der Waals surface area contributed by atoms with Gasteiger partial charge in [0.15, 0.2) is 0 Å². The zero-order valence-electron chi connectivity index (χ0n) is 6.97. The first kappa shape index (κ1) is 11.8. The van der Waals surface area contributed by atoms with Crippen LogP contribution >= 0.6 is 0 Å². The third-order valence-corrected chi connectivity index (χ3v) is 1.51. The van der Waals surface area contributed by atoms with Crippen molar-refractivity contribution in [2.24, 2.45) is 0 Å².